The third kappa shape index (κ3) is 4.47. The standard InChI is InChI=1S/C16H27N5OS/c1-12-18-13(2)21(19-12)10-14-4-3-6-20(9-14)16(22)8-15-11-23-7-5-17-15/h14-15,17H,3-11H2,1-2H3. The summed E-state index contributed by atoms with van der Waals surface area (Å²) in [5.74, 6) is 4.80. The van der Waals surface area contributed by atoms with Crippen LogP contribution >= 0.6 is 11.8 Å². The average Bonchev–Trinajstić information content (AvgIpc) is 2.86. The molecule has 0 radical (unpaired) electrons. The fraction of sp³-hybridized carbons (Fsp3) is 0.812. The summed E-state index contributed by atoms with van der Waals surface area (Å²) >= 11 is 1.95. The Balaban J connectivity index is 1.52. The van der Waals surface area contributed by atoms with Crippen molar-refractivity contribution in [2.45, 2.75) is 45.7 Å². The summed E-state index contributed by atoms with van der Waals surface area (Å²) in [6, 6.07) is 0.349. The van der Waals surface area contributed by atoms with Crippen LogP contribution in [-0.4, -0.2) is 62.8 Å². The van der Waals surface area contributed by atoms with Crippen LogP contribution in [0.15, 0.2) is 0 Å². The van der Waals surface area contributed by atoms with Crippen LogP contribution in [0.1, 0.15) is 30.9 Å². The maximum absolute atomic E-state index is 12.6. The van der Waals surface area contributed by atoms with E-state index in [0.717, 1.165) is 55.8 Å². The summed E-state index contributed by atoms with van der Waals surface area (Å²) < 4.78 is 1.99. The monoisotopic (exact) mass is 337 g/mol. The van der Waals surface area contributed by atoms with Gasteiger partial charge < -0.3 is 10.2 Å². The molecule has 6 nitrogen and oxygen atoms in total. The lowest BCUT2D eigenvalue weighted by Gasteiger charge is -2.34. The molecule has 0 bridgehead atoms. The molecule has 23 heavy (non-hydrogen) atoms. The minimum Gasteiger partial charge on any atom is -0.342 e. The highest BCUT2D eigenvalue weighted by molar-refractivity contribution is 7.99. The molecule has 1 aromatic rings. The van der Waals surface area contributed by atoms with E-state index in [2.05, 4.69) is 20.3 Å². The van der Waals surface area contributed by atoms with E-state index >= 15 is 0 Å². The van der Waals surface area contributed by atoms with Gasteiger partial charge in [-0.2, -0.15) is 16.9 Å². The number of aromatic nitrogens is 3. The van der Waals surface area contributed by atoms with Crippen molar-refractivity contribution in [3.63, 3.8) is 0 Å². The Bertz CT molecular complexity index is 541. The van der Waals surface area contributed by atoms with Crippen molar-refractivity contribution in [2.24, 2.45) is 5.92 Å². The minimum absolute atomic E-state index is 0.307. The first-order chi connectivity index (χ1) is 11.1. The summed E-state index contributed by atoms with van der Waals surface area (Å²) in [6.07, 6.45) is 2.90. The molecular formula is C16H27N5OS. The van der Waals surface area contributed by atoms with Gasteiger partial charge in [0.15, 0.2) is 0 Å². The number of nitrogens with zero attached hydrogens (tertiary/aromatic N) is 4. The summed E-state index contributed by atoms with van der Waals surface area (Å²) in [6.45, 7) is 7.58. The molecule has 0 aliphatic carbocycles. The highest BCUT2D eigenvalue weighted by Gasteiger charge is 2.26. The molecular weight excluding hydrogens is 310 g/mol. The lowest BCUT2D eigenvalue weighted by Crippen LogP contribution is -2.46. The van der Waals surface area contributed by atoms with E-state index in [1.165, 1.54) is 6.42 Å². The Hall–Kier alpha value is -1.08. The lowest BCUT2D eigenvalue weighted by atomic mass is 9.97. The van der Waals surface area contributed by atoms with Gasteiger partial charge in [0.1, 0.15) is 11.6 Å². The largest absolute Gasteiger partial charge is 0.342 e. The zero-order valence-electron chi connectivity index (χ0n) is 14.1. The van der Waals surface area contributed by atoms with Gasteiger partial charge in [-0.1, -0.05) is 0 Å². The Labute approximate surface area is 142 Å². The number of amides is 1. The smallest absolute Gasteiger partial charge is 0.224 e. The van der Waals surface area contributed by atoms with Crippen LogP contribution in [0.4, 0.5) is 0 Å². The molecule has 0 saturated carbocycles. The molecule has 2 fully saturated rings. The Morgan fingerprint density at radius 2 is 2.30 bits per heavy atom. The molecule has 7 heteroatoms. The third-order valence-corrected chi connectivity index (χ3v) is 5.82. The number of hydrogen-bond donors (Lipinski definition) is 1. The number of carbonyl (C=O) groups excluding carboxylic acids is 1. The molecule has 0 spiro atoms. The molecule has 2 aliphatic heterocycles. The fourth-order valence-electron chi connectivity index (χ4n) is 3.51. The molecule has 2 aliphatic rings. The Morgan fingerprint density at radius 1 is 1.43 bits per heavy atom. The van der Waals surface area contributed by atoms with Crippen molar-refractivity contribution in [1.82, 2.24) is 25.0 Å². The Morgan fingerprint density at radius 3 is 3.00 bits per heavy atom. The average molecular weight is 337 g/mol. The van der Waals surface area contributed by atoms with Gasteiger partial charge in [-0.25, -0.2) is 9.67 Å². The first kappa shape index (κ1) is 16.8. The van der Waals surface area contributed by atoms with E-state index in [4.69, 9.17) is 0 Å². The van der Waals surface area contributed by atoms with Crippen molar-refractivity contribution in [1.29, 1.82) is 0 Å². The van der Waals surface area contributed by atoms with Crippen molar-refractivity contribution in [3.05, 3.63) is 11.6 Å². The minimum atomic E-state index is 0.307. The van der Waals surface area contributed by atoms with Gasteiger partial charge >= 0.3 is 0 Å². The van der Waals surface area contributed by atoms with Gasteiger partial charge in [-0.05, 0) is 32.6 Å². The Kier molecular flexibility index (Phi) is 5.58. The zero-order valence-corrected chi connectivity index (χ0v) is 14.9. The number of rotatable bonds is 4. The third-order valence-electron chi connectivity index (χ3n) is 4.68. The van der Waals surface area contributed by atoms with E-state index in [0.29, 0.717) is 24.3 Å². The number of nitrogens with one attached hydrogen (secondary N) is 1. The predicted octanol–water partition coefficient (Wildman–Crippen LogP) is 1.23. The van der Waals surface area contributed by atoms with Gasteiger partial charge in [-0.3, -0.25) is 4.79 Å². The van der Waals surface area contributed by atoms with E-state index in [1.807, 2.05) is 30.3 Å². The molecule has 2 atom stereocenters. The molecule has 3 rings (SSSR count). The van der Waals surface area contributed by atoms with Crippen molar-refractivity contribution >= 4 is 17.7 Å². The first-order valence-electron chi connectivity index (χ1n) is 8.59. The molecule has 1 aromatic heterocycles. The van der Waals surface area contributed by atoms with Crippen molar-refractivity contribution in [2.75, 3.05) is 31.1 Å². The number of hydrogen-bond acceptors (Lipinski definition) is 5. The number of thioether (sulfide) groups is 1. The van der Waals surface area contributed by atoms with Crippen molar-refractivity contribution in [3.8, 4) is 0 Å². The maximum Gasteiger partial charge on any atom is 0.224 e. The summed E-state index contributed by atoms with van der Waals surface area (Å²) in [4.78, 5) is 19.0. The quantitative estimate of drug-likeness (QED) is 0.895. The molecule has 128 valence electrons. The van der Waals surface area contributed by atoms with Gasteiger partial charge in [0.2, 0.25) is 5.91 Å². The van der Waals surface area contributed by atoms with Crippen LogP contribution < -0.4 is 5.32 Å². The topological polar surface area (TPSA) is 63.1 Å². The van der Waals surface area contributed by atoms with E-state index < -0.39 is 0 Å². The molecule has 1 N–H and O–H groups in total. The van der Waals surface area contributed by atoms with E-state index in [1.54, 1.807) is 0 Å². The number of piperidine rings is 1. The number of carbonyl (C=O) groups is 1. The summed E-state index contributed by atoms with van der Waals surface area (Å²) in [5, 5.41) is 7.92. The van der Waals surface area contributed by atoms with Crippen molar-refractivity contribution < 1.29 is 4.79 Å². The van der Waals surface area contributed by atoms with Crippen LogP contribution in [0.2, 0.25) is 0 Å². The lowest BCUT2D eigenvalue weighted by molar-refractivity contribution is -0.133. The van der Waals surface area contributed by atoms with Crippen LogP contribution in [0.5, 0.6) is 0 Å². The SMILES string of the molecule is Cc1nc(C)n(CC2CCCN(C(=O)CC3CSCCN3)C2)n1. The number of likely N-dealkylation sites (tertiary alicyclic amines) is 1. The van der Waals surface area contributed by atoms with Crippen LogP contribution in [0.3, 0.4) is 0 Å². The summed E-state index contributed by atoms with van der Waals surface area (Å²) in [5.41, 5.74) is 0. The number of aryl methyl sites for hydroxylation is 2. The van der Waals surface area contributed by atoms with Gasteiger partial charge in [0.25, 0.3) is 0 Å². The molecule has 1 amide bonds. The van der Waals surface area contributed by atoms with E-state index in [-0.39, 0.29) is 0 Å². The van der Waals surface area contributed by atoms with Crippen LogP contribution in [0, 0.1) is 19.8 Å². The van der Waals surface area contributed by atoms with Gasteiger partial charge in [0, 0.05) is 50.1 Å². The predicted molar refractivity (Wildman–Crippen MR) is 92.5 cm³/mol. The second-order valence-corrected chi connectivity index (χ2v) is 7.82. The normalized spacial score (nSPS) is 25.6. The first-order valence-corrected chi connectivity index (χ1v) is 9.74. The second-order valence-electron chi connectivity index (χ2n) is 6.67. The van der Waals surface area contributed by atoms with Gasteiger partial charge in [-0.15, -0.1) is 0 Å². The highest BCUT2D eigenvalue weighted by Crippen LogP contribution is 2.20. The second kappa shape index (κ2) is 7.66. The van der Waals surface area contributed by atoms with E-state index in [9.17, 15) is 4.79 Å². The van der Waals surface area contributed by atoms with Crippen LogP contribution in [0.25, 0.3) is 0 Å². The van der Waals surface area contributed by atoms with Gasteiger partial charge in [0.05, 0.1) is 0 Å². The highest BCUT2D eigenvalue weighted by atomic mass is 32.2. The molecule has 3 heterocycles. The summed E-state index contributed by atoms with van der Waals surface area (Å²) in [7, 11) is 0. The molecule has 2 unspecified atom stereocenters. The molecule has 0 aromatic carbocycles. The zero-order chi connectivity index (χ0) is 16.2. The molecule has 2 saturated heterocycles. The van der Waals surface area contributed by atoms with Crippen LogP contribution in [-0.2, 0) is 11.3 Å². The maximum atomic E-state index is 12.6. The fourth-order valence-corrected chi connectivity index (χ4v) is 4.46.